The molecule has 0 radical (unpaired) electrons. The molecule has 1 rings (SSSR count). The van der Waals surface area contributed by atoms with Crippen LogP contribution in [-0.2, 0) is 14.4 Å². The molecule has 0 aliphatic carbocycles. The van der Waals surface area contributed by atoms with Crippen molar-refractivity contribution in [3.8, 4) is 0 Å². The molecule has 2 N–H and O–H groups in total. The van der Waals surface area contributed by atoms with Crippen molar-refractivity contribution in [2.45, 2.75) is 6.42 Å². The van der Waals surface area contributed by atoms with Crippen LogP contribution in [-0.4, -0.2) is 28.1 Å². The molecule has 1 aromatic carbocycles. The van der Waals surface area contributed by atoms with Gasteiger partial charge in [0.2, 0.25) is 0 Å². The zero-order chi connectivity index (χ0) is 21.0. The Kier molecular flexibility index (Phi) is 29.0. The monoisotopic (exact) mass is 398 g/mol. The molecule has 1 aromatic rings. The summed E-state index contributed by atoms with van der Waals surface area (Å²) in [5, 5.41) is 25.3. The van der Waals surface area contributed by atoms with Crippen LogP contribution in [0.1, 0.15) is 12.0 Å². The van der Waals surface area contributed by atoms with Crippen molar-refractivity contribution in [1.29, 1.82) is 0 Å². The number of carboxylic acid groups (broad SMARTS) is 3. The van der Waals surface area contributed by atoms with E-state index in [1.54, 1.807) is 12.2 Å². The van der Waals surface area contributed by atoms with E-state index in [-0.39, 0.29) is 57.0 Å². The Labute approximate surface area is 202 Å². The van der Waals surface area contributed by atoms with Crippen LogP contribution in [0.3, 0.4) is 0 Å². The minimum atomic E-state index is -1.43. The second kappa shape index (κ2) is 24.0. The normalized spacial score (nSPS) is 7.26. The molecule has 0 saturated carbocycles. The van der Waals surface area contributed by atoms with E-state index < -0.39 is 24.3 Å². The molecule has 0 amide bonds. The van der Waals surface area contributed by atoms with Crippen LogP contribution in [0.15, 0.2) is 87.0 Å². The predicted octanol–water partition coefficient (Wildman–Crippen LogP) is -0.284. The van der Waals surface area contributed by atoms with Crippen molar-refractivity contribution in [3.05, 3.63) is 92.6 Å². The van der Waals surface area contributed by atoms with Gasteiger partial charge in [-0.05, 0) is 5.56 Å². The van der Waals surface area contributed by atoms with E-state index in [2.05, 4.69) is 32.9 Å². The quantitative estimate of drug-likeness (QED) is 0.387. The number of carbonyl (C=O) groups is 3. The van der Waals surface area contributed by atoms with Crippen molar-refractivity contribution in [1.82, 2.24) is 0 Å². The molecule has 0 fully saturated rings. The van der Waals surface area contributed by atoms with Crippen LogP contribution >= 0.6 is 0 Å². The number of carbonyl (C=O) groups excluding carboxylic acids is 1. The number of rotatable bonds is 6. The standard InChI is InChI=1S/C8H8.C5H6O4.C4H6.C3H4O2.K/c1-2-8-6-4-3-5-7-8;1-3(5(8)9)2-4(6)7;1-3-4-2;1-2-3(4)5;/h2-7H,1H2;1-2H2,(H,6,7)(H,8,9);3-4H,1-2H2;2H,1H2,(H,4,5);/q;;;;+1/p-1. The molecule has 0 atom stereocenters. The van der Waals surface area contributed by atoms with Gasteiger partial charge in [-0.1, -0.05) is 81.5 Å². The van der Waals surface area contributed by atoms with Crippen molar-refractivity contribution < 1.29 is 81.1 Å². The maximum atomic E-state index is 9.84. The molecule has 0 aliphatic rings. The average molecular weight is 398 g/mol. The SMILES string of the molecule is C=C(CC(=O)[O-])C(=O)O.C=CC(=O)O.C=CC=C.C=Cc1ccccc1.[K+]. The summed E-state index contributed by atoms with van der Waals surface area (Å²) in [5.74, 6) is -3.72. The van der Waals surface area contributed by atoms with Crippen molar-refractivity contribution in [2.24, 2.45) is 0 Å². The van der Waals surface area contributed by atoms with Gasteiger partial charge in [-0.3, -0.25) is 0 Å². The molecule has 0 bridgehead atoms. The Balaban J connectivity index is -0.000000135. The van der Waals surface area contributed by atoms with Crippen LogP contribution in [0.5, 0.6) is 0 Å². The summed E-state index contributed by atoms with van der Waals surface area (Å²) in [7, 11) is 0. The van der Waals surface area contributed by atoms with Crippen LogP contribution in [0.4, 0.5) is 0 Å². The van der Waals surface area contributed by atoms with E-state index in [1.807, 2.05) is 36.4 Å². The second-order valence-electron chi connectivity index (χ2n) is 4.09. The third kappa shape index (κ3) is 32.1. The molecule has 0 spiro atoms. The van der Waals surface area contributed by atoms with Gasteiger partial charge in [0, 0.05) is 24.0 Å². The van der Waals surface area contributed by atoms with Crippen LogP contribution < -0.4 is 56.5 Å². The summed E-state index contributed by atoms with van der Waals surface area (Å²) in [6, 6.07) is 10.0. The molecule has 0 aromatic heterocycles. The van der Waals surface area contributed by atoms with Crippen molar-refractivity contribution >= 4 is 24.0 Å². The molecule has 0 aliphatic heterocycles. The summed E-state index contributed by atoms with van der Waals surface area (Å²) in [5.41, 5.74) is 0.808. The molecule has 27 heavy (non-hydrogen) atoms. The second-order valence-corrected chi connectivity index (χ2v) is 4.09. The number of aliphatic carboxylic acids is 3. The number of benzene rings is 1. The Morgan fingerprint density at radius 3 is 1.52 bits per heavy atom. The van der Waals surface area contributed by atoms with Gasteiger partial charge in [-0.2, -0.15) is 0 Å². The van der Waals surface area contributed by atoms with E-state index in [0.29, 0.717) is 0 Å². The minimum Gasteiger partial charge on any atom is -0.550 e. The van der Waals surface area contributed by atoms with Crippen LogP contribution in [0.25, 0.3) is 6.08 Å². The Bertz CT molecular complexity index is 615. The molecular weight excluding hydrogens is 375 g/mol. The molecular formula is C20H23KO6. The number of hydrogen-bond donors (Lipinski definition) is 2. The van der Waals surface area contributed by atoms with E-state index in [0.717, 1.165) is 6.08 Å². The predicted molar refractivity (Wildman–Crippen MR) is 101 cm³/mol. The third-order valence-electron chi connectivity index (χ3n) is 2.04. The Morgan fingerprint density at radius 2 is 1.37 bits per heavy atom. The first-order valence-corrected chi connectivity index (χ1v) is 7.03. The van der Waals surface area contributed by atoms with Gasteiger partial charge >= 0.3 is 63.3 Å². The molecule has 0 heterocycles. The maximum Gasteiger partial charge on any atom is 1.00 e. The first-order valence-electron chi connectivity index (χ1n) is 7.03. The first-order chi connectivity index (χ1) is 12.2. The summed E-state index contributed by atoms with van der Waals surface area (Å²) in [6.45, 7) is 16.3. The van der Waals surface area contributed by atoms with Gasteiger partial charge in [0.05, 0.1) is 0 Å². The fourth-order valence-corrected chi connectivity index (χ4v) is 0.839. The van der Waals surface area contributed by atoms with Crippen molar-refractivity contribution in [2.75, 3.05) is 0 Å². The summed E-state index contributed by atoms with van der Waals surface area (Å²) in [6.07, 6.45) is 5.33. The Hall–Kier alpha value is -2.03. The van der Waals surface area contributed by atoms with Gasteiger partial charge in [0.25, 0.3) is 0 Å². The summed E-state index contributed by atoms with van der Waals surface area (Å²) < 4.78 is 0. The van der Waals surface area contributed by atoms with Gasteiger partial charge in [0.1, 0.15) is 0 Å². The molecule has 6 nitrogen and oxygen atoms in total. The fourth-order valence-electron chi connectivity index (χ4n) is 0.839. The van der Waals surface area contributed by atoms with Crippen LogP contribution in [0.2, 0.25) is 0 Å². The number of allylic oxidation sites excluding steroid dienone is 2. The molecule has 140 valence electrons. The number of hydrogen-bond acceptors (Lipinski definition) is 4. The largest absolute Gasteiger partial charge is 1.00 e. The Morgan fingerprint density at radius 1 is 0.963 bits per heavy atom. The maximum absolute atomic E-state index is 9.84. The third-order valence-corrected chi connectivity index (χ3v) is 2.04. The van der Waals surface area contributed by atoms with Crippen molar-refractivity contribution in [3.63, 3.8) is 0 Å². The molecule has 0 saturated heterocycles. The van der Waals surface area contributed by atoms with E-state index >= 15 is 0 Å². The average Bonchev–Trinajstić information content (AvgIpc) is 2.63. The zero-order valence-corrected chi connectivity index (χ0v) is 18.6. The van der Waals surface area contributed by atoms with Gasteiger partial charge in [0.15, 0.2) is 0 Å². The van der Waals surface area contributed by atoms with Gasteiger partial charge < -0.3 is 20.1 Å². The topological polar surface area (TPSA) is 115 Å². The van der Waals surface area contributed by atoms with Crippen LogP contribution in [0, 0.1) is 0 Å². The van der Waals surface area contributed by atoms with E-state index in [9.17, 15) is 19.5 Å². The van der Waals surface area contributed by atoms with E-state index in [1.165, 1.54) is 5.56 Å². The minimum absolute atomic E-state index is 0. The van der Waals surface area contributed by atoms with E-state index in [4.69, 9.17) is 10.2 Å². The van der Waals surface area contributed by atoms with Gasteiger partial charge in [-0.25, -0.2) is 9.59 Å². The summed E-state index contributed by atoms with van der Waals surface area (Å²) in [4.78, 5) is 28.8. The smallest absolute Gasteiger partial charge is 0.550 e. The fraction of sp³-hybridized carbons (Fsp3) is 0.0500. The molecule has 0 unspecified atom stereocenters. The molecule has 7 heteroatoms. The summed E-state index contributed by atoms with van der Waals surface area (Å²) >= 11 is 0. The van der Waals surface area contributed by atoms with Gasteiger partial charge in [-0.15, -0.1) is 0 Å². The number of carboxylic acids is 3. The zero-order valence-electron chi connectivity index (χ0n) is 15.5. The first kappa shape index (κ1) is 32.6.